The largest absolute Gasteiger partial charge is 0.469 e. The van der Waals surface area contributed by atoms with Gasteiger partial charge in [-0.15, -0.1) is 0 Å². The lowest BCUT2D eigenvalue weighted by atomic mass is 9.98. The number of furan rings is 1. The van der Waals surface area contributed by atoms with E-state index in [-0.39, 0.29) is 6.04 Å². The van der Waals surface area contributed by atoms with Crippen molar-refractivity contribution in [2.45, 2.75) is 19.4 Å². The molecule has 0 aliphatic heterocycles. The maximum absolute atomic E-state index is 5.42. The first-order valence-electron chi connectivity index (χ1n) is 6.83. The van der Waals surface area contributed by atoms with Crippen molar-refractivity contribution < 1.29 is 4.42 Å². The van der Waals surface area contributed by atoms with Gasteiger partial charge < -0.3 is 9.73 Å². The maximum Gasteiger partial charge on any atom is 0.101 e. The van der Waals surface area contributed by atoms with Gasteiger partial charge in [0.25, 0.3) is 0 Å². The molecular formula is C17H18N2O. The summed E-state index contributed by atoms with van der Waals surface area (Å²) in [7, 11) is 1.98. The van der Waals surface area contributed by atoms with E-state index < -0.39 is 0 Å². The second kappa shape index (κ2) is 5.47. The predicted octanol–water partition coefficient (Wildman–Crippen LogP) is 3.64. The Morgan fingerprint density at radius 1 is 1.25 bits per heavy atom. The van der Waals surface area contributed by atoms with Crippen molar-refractivity contribution in [2.24, 2.45) is 0 Å². The smallest absolute Gasteiger partial charge is 0.101 e. The Labute approximate surface area is 118 Å². The van der Waals surface area contributed by atoms with E-state index >= 15 is 0 Å². The Morgan fingerprint density at radius 2 is 2.10 bits per heavy atom. The molecule has 0 fully saturated rings. The molecule has 102 valence electrons. The van der Waals surface area contributed by atoms with E-state index in [1.807, 2.05) is 32.5 Å². The SMILES string of the molecule is CNC(Cc1ccnc2ccccc12)c1coc(C)c1. The molecule has 0 bridgehead atoms. The van der Waals surface area contributed by atoms with Crippen molar-refractivity contribution in [3.63, 3.8) is 0 Å². The van der Waals surface area contributed by atoms with Gasteiger partial charge in [-0.25, -0.2) is 0 Å². The monoisotopic (exact) mass is 266 g/mol. The lowest BCUT2D eigenvalue weighted by molar-refractivity contribution is 0.520. The summed E-state index contributed by atoms with van der Waals surface area (Å²) in [6, 6.07) is 12.7. The van der Waals surface area contributed by atoms with Gasteiger partial charge in [0.05, 0.1) is 11.8 Å². The molecule has 3 heteroatoms. The Hall–Kier alpha value is -2.13. The summed E-state index contributed by atoms with van der Waals surface area (Å²) >= 11 is 0. The molecule has 1 N–H and O–H groups in total. The molecule has 0 radical (unpaired) electrons. The highest BCUT2D eigenvalue weighted by Crippen LogP contribution is 2.24. The highest BCUT2D eigenvalue weighted by molar-refractivity contribution is 5.81. The Morgan fingerprint density at radius 3 is 2.85 bits per heavy atom. The minimum Gasteiger partial charge on any atom is -0.469 e. The third-order valence-corrected chi connectivity index (χ3v) is 3.67. The number of fused-ring (bicyclic) bond motifs is 1. The van der Waals surface area contributed by atoms with Crippen LogP contribution < -0.4 is 5.32 Å². The maximum atomic E-state index is 5.42. The Kier molecular flexibility index (Phi) is 3.52. The van der Waals surface area contributed by atoms with E-state index in [9.17, 15) is 0 Å². The Balaban J connectivity index is 1.95. The first kappa shape index (κ1) is 12.9. The molecule has 0 spiro atoms. The molecule has 1 unspecified atom stereocenters. The minimum atomic E-state index is 0.248. The van der Waals surface area contributed by atoms with Crippen LogP contribution >= 0.6 is 0 Å². The lowest BCUT2D eigenvalue weighted by Crippen LogP contribution is -2.18. The summed E-state index contributed by atoms with van der Waals surface area (Å²) in [5, 5.41) is 4.58. The number of hydrogen-bond acceptors (Lipinski definition) is 3. The summed E-state index contributed by atoms with van der Waals surface area (Å²) < 4.78 is 5.42. The van der Waals surface area contributed by atoms with Crippen molar-refractivity contribution in [3.8, 4) is 0 Å². The van der Waals surface area contributed by atoms with Gasteiger partial charge in [-0.2, -0.15) is 0 Å². The molecule has 1 atom stereocenters. The van der Waals surface area contributed by atoms with Crippen LogP contribution in [0.5, 0.6) is 0 Å². The van der Waals surface area contributed by atoms with Crippen LogP contribution in [0.2, 0.25) is 0 Å². The zero-order chi connectivity index (χ0) is 13.9. The predicted molar refractivity (Wildman–Crippen MR) is 80.7 cm³/mol. The summed E-state index contributed by atoms with van der Waals surface area (Å²) in [6.07, 6.45) is 4.63. The second-order valence-electron chi connectivity index (χ2n) is 5.02. The molecular weight excluding hydrogens is 248 g/mol. The van der Waals surface area contributed by atoms with Gasteiger partial charge in [-0.1, -0.05) is 18.2 Å². The fourth-order valence-electron chi connectivity index (χ4n) is 2.59. The van der Waals surface area contributed by atoms with Crippen LogP contribution in [0.3, 0.4) is 0 Å². The van der Waals surface area contributed by atoms with E-state index in [1.165, 1.54) is 16.5 Å². The fraction of sp³-hybridized carbons (Fsp3) is 0.235. The number of nitrogens with zero attached hydrogens (tertiary/aromatic N) is 1. The molecule has 0 aliphatic carbocycles. The van der Waals surface area contributed by atoms with Crippen LogP contribution in [0.15, 0.2) is 53.3 Å². The zero-order valence-electron chi connectivity index (χ0n) is 11.8. The molecule has 0 saturated carbocycles. The van der Waals surface area contributed by atoms with E-state index in [0.717, 1.165) is 17.7 Å². The molecule has 0 aliphatic rings. The van der Waals surface area contributed by atoms with Crippen molar-refractivity contribution >= 4 is 10.9 Å². The highest BCUT2D eigenvalue weighted by atomic mass is 16.3. The summed E-state index contributed by atoms with van der Waals surface area (Å²) in [5.74, 6) is 0.944. The van der Waals surface area contributed by atoms with Crippen molar-refractivity contribution in [1.82, 2.24) is 10.3 Å². The quantitative estimate of drug-likeness (QED) is 0.783. The van der Waals surface area contributed by atoms with Gasteiger partial charge in [0.2, 0.25) is 0 Å². The third-order valence-electron chi connectivity index (χ3n) is 3.67. The van der Waals surface area contributed by atoms with Crippen LogP contribution in [0.25, 0.3) is 10.9 Å². The summed E-state index contributed by atoms with van der Waals surface area (Å²) in [6.45, 7) is 1.97. The molecule has 3 nitrogen and oxygen atoms in total. The fourth-order valence-corrected chi connectivity index (χ4v) is 2.59. The first-order chi connectivity index (χ1) is 9.78. The molecule has 3 aromatic rings. The number of benzene rings is 1. The van der Waals surface area contributed by atoms with Gasteiger partial charge in [-0.3, -0.25) is 4.98 Å². The number of rotatable bonds is 4. The van der Waals surface area contributed by atoms with Crippen LogP contribution in [0, 0.1) is 6.92 Å². The minimum absolute atomic E-state index is 0.248. The Bertz CT molecular complexity index is 712. The number of aromatic nitrogens is 1. The number of pyridine rings is 1. The van der Waals surface area contributed by atoms with Crippen molar-refractivity contribution in [2.75, 3.05) is 7.05 Å². The number of para-hydroxylation sites is 1. The van der Waals surface area contributed by atoms with Gasteiger partial charge in [0.15, 0.2) is 0 Å². The zero-order valence-corrected chi connectivity index (χ0v) is 11.8. The molecule has 1 aromatic carbocycles. The van der Waals surface area contributed by atoms with E-state index in [0.29, 0.717) is 0 Å². The molecule has 0 saturated heterocycles. The molecule has 0 amide bonds. The topological polar surface area (TPSA) is 38.1 Å². The normalized spacial score (nSPS) is 12.7. The van der Waals surface area contributed by atoms with Crippen LogP contribution in [0.4, 0.5) is 0 Å². The van der Waals surface area contributed by atoms with E-state index in [4.69, 9.17) is 4.42 Å². The van der Waals surface area contributed by atoms with E-state index in [1.54, 1.807) is 0 Å². The third kappa shape index (κ3) is 2.45. The standard InChI is InChI=1S/C17H18N2O/c1-12-9-14(11-20-12)17(18-2)10-13-7-8-19-16-6-4-3-5-15(13)16/h3-9,11,17-18H,10H2,1-2H3. The highest BCUT2D eigenvalue weighted by Gasteiger charge is 2.14. The van der Waals surface area contributed by atoms with Crippen LogP contribution in [0.1, 0.15) is 22.9 Å². The van der Waals surface area contributed by atoms with Gasteiger partial charge in [0, 0.05) is 23.2 Å². The number of hydrogen-bond donors (Lipinski definition) is 1. The average Bonchev–Trinajstić information content (AvgIpc) is 2.91. The molecule has 3 rings (SSSR count). The van der Waals surface area contributed by atoms with Crippen molar-refractivity contribution in [3.05, 3.63) is 65.7 Å². The van der Waals surface area contributed by atoms with Gasteiger partial charge in [0.1, 0.15) is 5.76 Å². The van der Waals surface area contributed by atoms with E-state index in [2.05, 4.69) is 40.6 Å². The molecule has 2 heterocycles. The number of likely N-dealkylation sites (N-methyl/N-ethyl adjacent to an activating group) is 1. The van der Waals surface area contributed by atoms with Crippen molar-refractivity contribution in [1.29, 1.82) is 0 Å². The summed E-state index contributed by atoms with van der Waals surface area (Å²) in [4.78, 5) is 4.41. The summed E-state index contributed by atoms with van der Waals surface area (Å²) in [5.41, 5.74) is 3.53. The molecule has 2 aromatic heterocycles. The lowest BCUT2D eigenvalue weighted by Gasteiger charge is -2.15. The average molecular weight is 266 g/mol. The first-order valence-corrected chi connectivity index (χ1v) is 6.83. The van der Waals surface area contributed by atoms with Gasteiger partial charge in [-0.05, 0) is 44.2 Å². The molecule has 20 heavy (non-hydrogen) atoms. The number of aryl methyl sites for hydroxylation is 1. The van der Waals surface area contributed by atoms with Crippen LogP contribution in [-0.2, 0) is 6.42 Å². The van der Waals surface area contributed by atoms with Crippen LogP contribution in [-0.4, -0.2) is 12.0 Å². The second-order valence-corrected chi connectivity index (χ2v) is 5.02. The van der Waals surface area contributed by atoms with Gasteiger partial charge >= 0.3 is 0 Å². The number of nitrogens with one attached hydrogen (secondary N) is 1.